The van der Waals surface area contributed by atoms with E-state index in [0.717, 1.165) is 46.7 Å². The molecule has 2 aromatic carbocycles. The predicted molar refractivity (Wildman–Crippen MR) is 124 cm³/mol. The van der Waals surface area contributed by atoms with Gasteiger partial charge in [0, 0.05) is 24.6 Å². The van der Waals surface area contributed by atoms with E-state index in [1.807, 2.05) is 12.1 Å². The van der Waals surface area contributed by atoms with Gasteiger partial charge in [-0.15, -0.1) is 0 Å². The minimum atomic E-state index is -0.216. The fraction of sp³-hybridized carbons (Fsp3) is 0.385. The average Bonchev–Trinajstić information content (AvgIpc) is 2.74. The molecule has 4 heteroatoms. The van der Waals surface area contributed by atoms with Crippen molar-refractivity contribution in [2.45, 2.75) is 46.8 Å². The van der Waals surface area contributed by atoms with Crippen LogP contribution in [0.3, 0.4) is 0 Å². The summed E-state index contributed by atoms with van der Waals surface area (Å²) in [5.41, 5.74) is 8.28. The summed E-state index contributed by atoms with van der Waals surface area (Å²) in [6.45, 7) is 8.57. The number of methoxy groups -OCH3 is 3. The molecule has 1 aliphatic heterocycles. The maximum atomic E-state index is 6.08. The third kappa shape index (κ3) is 4.10. The molecule has 0 bridgehead atoms. The summed E-state index contributed by atoms with van der Waals surface area (Å²) >= 11 is 0. The molecule has 1 atom stereocenters. The van der Waals surface area contributed by atoms with E-state index >= 15 is 0 Å². The molecular weight excluding hydrogens is 374 g/mol. The van der Waals surface area contributed by atoms with E-state index < -0.39 is 0 Å². The van der Waals surface area contributed by atoms with Crippen molar-refractivity contribution in [1.29, 1.82) is 0 Å². The summed E-state index contributed by atoms with van der Waals surface area (Å²) in [6, 6.07) is 12.6. The van der Waals surface area contributed by atoms with Gasteiger partial charge in [-0.05, 0) is 85.4 Å². The van der Waals surface area contributed by atoms with Gasteiger partial charge in [-0.2, -0.15) is 0 Å². The molecule has 160 valence electrons. The van der Waals surface area contributed by atoms with E-state index in [4.69, 9.17) is 14.2 Å². The summed E-state index contributed by atoms with van der Waals surface area (Å²) in [5.74, 6) is 1.79. The number of nitrogens with zero attached hydrogens (tertiary/aromatic N) is 1. The number of anilines is 1. The molecule has 0 spiro atoms. The number of hydrogen-bond acceptors (Lipinski definition) is 4. The Morgan fingerprint density at radius 2 is 1.50 bits per heavy atom. The highest BCUT2D eigenvalue weighted by atomic mass is 16.5. The first-order valence-electron chi connectivity index (χ1n) is 10.5. The molecule has 3 rings (SSSR count). The monoisotopic (exact) mass is 407 g/mol. The average molecular weight is 408 g/mol. The van der Waals surface area contributed by atoms with Crippen molar-refractivity contribution in [3.63, 3.8) is 0 Å². The molecule has 2 aromatic rings. The van der Waals surface area contributed by atoms with Gasteiger partial charge in [0.25, 0.3) is 0 Å². The lowest BCUT2D eigenvalue weighted by Gasteiger charge is -2.38. The van der Waals surface area contributed by atoms with E-state index in [-0.39, 0.29) is 6.23 Å². The number of rotatable bonds is 7. The summed E-state index contributed by atoms with van der Waals surface area (Å²) in [5, 5.41) is 0. The predicted octanol–water partition coefficient (Wildman–Crippen LogP) is 6.27. The van der Waals surface area contributed by atoms with Gasteiger partial charge in [0.05, 0.1) is 14.2 Å². The van der Waals surface area contributed by atoms with Crippen molar-refractivity contribution in [2.24, 2.45) is 0 Å². The van der Waals surface area contributed by atoms with Crippen molar-refractivity contribution < 1.29 is 14.2 Å². The Morgan fingerprint density at radius 3 is 2.03 bits per heavy atom. The largest absolute Gasteiger partial charge is 0.496 e. The fourth-order valence-corrected chi connectivity index (χ4v) is 4.22. The Balaban J connectivity index is 2.15. The summed E-state index contributed by atoms with van der Waals surface area (Å²) in [4.78, 5) is 2.24. The SMILES string of the molecule is CCCC1=CN(c2ccc(OC)c(C)c2)C(OC)C(c2ccc(OC)c(C)c2)=C1C. The normalized spacial score (nSPS) is 16.6. The van der Waals surface area contributed by atoms with E-state index in [9.17, 15) is 0 Å². The number of benzene rings is 2. The van der Waals surface area contributed by atoms with E-state index in [1.54, 1.807) is 21.3 Å². The van der Waals surface area contributed by atoms with Crippen molar-refractivity contribution in [3.05, 3.63) is 70.4 Å². The molecule has 4 nitrogen and oxygen atoms in total. The van der Waals surface area contributed by atoms with Gasteiger partial charge in [-0.1, -0.05) is 19.4 Å². The van der Waals surface area contributed by atoms with Crippen LogP contribution in [0.5, 0.6) is 11.5 Å². The molecule has 0 aliphatic carbocycles. The van der Waals surface area contributed by atoms with Crippen LogP contribution in [0.2, 0.25) is 0 Å². The first-order chi connectivity index (χ1) is 14.4. The first-order valence-corrected chi connectivity index (χ1v) is 10.5. The lowest BCUT2D eigenvalue weighted by atomic mass is 9.88. The second-order valence-corrected chi connectivity index (χ2v) is 7.78. The first kappa shape index (κ1) is 22.0. The minimum Gasteiger partial charge on any atom is -0.496 e. The molecule has 0 saturated heterocycles. The summed E-state index contributed by atoms with van der Waals surface area (Å²) in [7, 11) is 5.19. The minimum absolute atomic E-state index is 0.216. The topological polar surface area (TPSA) is 30.9 Å². The molecule has 0 fully saturated rings. The second kappa shape index (κ2) is 9.40. The third-order valence-electron chi connectivity index (χ3n) is 5.81. The van der Waals surface area contributed by atoms with Crippen LogP contribution in [-0.4, -0.2) is 27.6 Å². The van der Waals surface area contributed by atoms with Gasteiger partial charge < -0.3 is 19.1 Å². The van der Waals surface area contributed by atoms with Crippen molar-refractivity contribution in [1.82, 2.24) is 0 Å². The zero-order chi connectivity index (χ0) is 21.8. The van der Waals surface area contributed by atoms with Crippen LogP contribution in [-0.2, 0) is 4.74 Å². The molecule has 1 unspecified atom stereocenters. The van der Waals surface area contributed by atoms with Crippen LogP contribution < -0.4 is 14.4 Å². The Bertz CT molecular complexity index is 974. The molecule has 0 radical (unpaired) electrons. The van der Waals surface area contributed by atoms with Crippen molar-refractivity contribution in [3.8, 4) is 11.5 Å². The molecule has 30 heavy (non-hydrogen) atoms. The smallest absolute Gasteiger partial charge is 0.160 e. The zero-order valence-corrected chi connectivity index (χ0v) is 19.2. The van der Waals surface area contributed by atoms with E-state index in [2.05, 4.69) is 63.1 Å². The standard InChI is InChI=1S/C26H33NO3/c1-8-9-21-16-27(22-11-13-24(29-6)18(3)15-22)26(30-7)25(19(21)4)20-10-12-23(28-5)17(2)14-20/h10-16,26H,8-9H2,1-7H3. The molecule has 0 saturated carbocycles. The molecule has 0 N–H and O–H groups in total. The lowest BCUT2D eigenvalue weighted by Crippen LogP contribution is -2.37. The van der Waals surface area contributed by atoms with Gasteiger partial charge in [-0.3, -0.25) is 0 Å². The maximum absolute atomic E-state index is 6.08. The Kier molecular flexibility index (Phi) is 6.88. The highest BCUT2D eigenvalue weighted by molar-refractivity contribution is 5.81. The number of ether oxygens (including phenoxy) is 3. The van der Waals surface area contributed by atoms with E-state index in [0.29, 0.717) is 0 Å². The Labute approximate surface area is 180 Å². The van der Waals surface area contributed by atoms with Gasteiger partial charge in [0.2, 0.25) is 0 Å². The number of hydrogen-bond donors (Lipinski definition) is 0. The number of aryl methyl sites for hydroxylation is 2. The lowest BCUT2D eigenvalue weighted by molar-refractivity contribution is 0.150. The van der Waals surface area contributed by atoms with Gasteiger partial charge in [0.15, 0.2) is 6.23 Å². The van der Waals surface area contributed by atoms with Crippen LogP contribution in [0.15, 0.2) is 53.7 Å². The molecule has 1 heterocycles. The summed E-state index contributed by atoms with van der Waals surface area (Å²) < 4.78 is 17.0. The number of allylic oxidation sites excluding steroid dienone is 2. The van der Waals surface area contributed by atoms with E-state index in [1.165, 1.54) is 16.7 Å². The van der Waals surface area contributed by atoms with Crippen LogP contribution in [0, 0.1) is 13.8 Å². The van der Waals surface area contributed by atoms with Crippen LogP contribution in [0.1, 0.15) is 43.4 Å². The van der Waals surface area contributed by atoms with Gasteiger partial charge >= 0.3 is 0 Å². The Hall–Kier alpha value is -2.72. The summed E-state index contributed by atoms with van der Waals surface area (Å²) in [6.07, 6.45) is 4.14. The fourth-order valence-electron chi connectivity index (χ4n) is 4.22. The zero-order valence-electron chi connectivity index (χ0n) is 19.2. The van der Waals surface area contributed by atoms with Gasteiger partial charge in [-0.25, -0.2) is 0 Å². The molecule has 0 amide bonds. The second-order valence-electron chi connectivity index (χ2n) is 7.78. The highest BCUT2D eigenvalue weighted by Gasteiger charge is 2.30. The quantitative estimate of drug-likeness (QED) is 0.541. The van der Waals surface area contributed by atoms with Crippen LogP contribution >= 0.6 is 0 Å². The van der Waals surface area contributed by atoms with Crippen LogP contribution in [0.4, 0.5) is 5.69 Å². The molecular formula is C26H33NO3. The van der Waals surface area contributed by atoms with Crippen LogP contribution in [0.25, 0.3) is 5.57 Å². The highest BCUT2D eigenvalue weighted by Crippen LogP contribution is 2.40. The van der Waals surface area contributed by atoms with Crippen molar-refractivity contribution in [2.75, 3.05) is 26.2 Å². The molecule has 1 aliphatic rings. The molecule has 0 aromatic heterocycles. The Morgan fingerprint density at radius 1 is 0.867 bits per heavy atom. The van der Waals surface area contributed by atoms with Gasteiger partial charge in [0.1, 0.15) is 11.5 Å². The third-order valence-corrected chi connectivity index (χ3v) is 5.81. The maximum Gasteiger partial charge on any atom is 0.160 e. The van der Waals surface area contributed by atoms with Crippen molar-refractivity contribution >= 4 is 11.3 Å².